The number of anilines is 2. The van der Waals surface area contributed by atoms with Gasteiger partial charge in [0.15, 0.2) is 0 Å². The van der Waals surface area contributed by atoms with Crippen LogP contribution in [0, 0.1) is 6.92 Å². The number of benzene rings is 1. The normalized spacial score (nSPS) is 14.9. The number of rotatable bonds is 3. The molecule has 0 aliphatic carbocycles. The van der Waals surface area contributed by atoms with E-state index in [-0.39, 0.29) is 0 Å². The van der Waals surface area contributed by atoms with Crippen LogP contribution in [-0.2, 0) is 0 Å². The number of H-pyrrole nitrogens is 1. The third-order valence-corrected chi connectivity index (χ3v) is 4.63. The van der Waals surface area contributed by atoms with Crippen molar-refractivity contribution in [3.05, 3.63) is 47.7 Å². The fraction of sp³-hybridized carbons (Fsp3) is 0.278. The molecule has 0 radical (unpaired) electrons. The van der Waals surface area contributed by atoms with Crippen molar-refractivity contribution in [2.75, 3.05) is 36.0 Å². The number of imidazole rings is 1. The van der Waals surface area contributed by atoms with Gasteiger partial charge in [0, 0.05) is 32.4 Å². The minimum Gasteiger partial charge on any atom is -0.366 e. The molecule has 0 atom stereocenters. The Morgan fingerprint density at radius 2 is 1.88 bits per heavy atom. The van der Waals surface area contributed by atoms with E-state index in [2.05, 4.69) is 37.7 Å². The van der Waals surface area contributed by atoms with Crippen molar-refractivity contribution < 1.29 is 4.79 Å². The number of nitrogens with one attached hydrogen (secondary N) is 1. The number of aryl methyl sites for hydroxylation is 1. The fourth-order valence-corrected chi connectivity index (χ4v) is 3.31. The van der Waals surface area contributed by atoms with Gasteiger partial charge >= 0.3 is 0 Å². The Kier molecular flexibility index (Phi) is 3.76. The molecule has 1 amide bonds. The van der Waals surface area contributed by atoms with Crippen LogP contribution in [0.2, 0.25) is 0 Å². The van der Waals surface area contributed by atoms with Gasteiger partial charge in [0.25, 0.3) is 5.91 Å². The second kappa shape index (κ2) is 6.08. The Morgan fingerprint density at radius 3 is 2.60 bits per heavy atom. The molecule has 0 unspecified atom stereocenters. The van der Waals surface area contributed by atoms with Gasteiger partial charge in [-0.2, -0.15) is 0 Å². The highest BCUT2D eigenvalue weighted by Crippen LogP contribution is 2.23. The maximum absolute atomic E-state index is 11.6. The Hall–Kier alpha value is -3.09. The van der Waals surface area contributed by atoms with Gasteiger partial charge in [0.1, 0.15) is 11.3 Å². The second-order valence-corrected chi connectivity index (χ2v) is 6.24. The predicted octanol–water partition coefficient (Wildman–Crippen LogP) is 1.69. The number of hydrogen-bond acceptors (Lipinski definition) is 5. The van der Waals surface area contributed by atoms with E-state index in [1.165, 1.54) is 5.56 Å². The van der Waals surface area contributed by atoms with Crippen LogP contribution in [0.1, 0.15) is 15.9 Å². The van der Waals surface area contributed by atoms with Crippen LogP contribution in [0.15, 0.2) is 36.5 Å². The fourth-order valence-electron chi connectivity index (χ4n) is 3.31. The van der Waals surface area contributed by atoms with Crippen molar-refractivity contribution in [2.45, 2.75) is 6.92 Å². The predicted molar refractivity (Wildman–Crippen MR) is 98.0 cm³/mol. The van der Waals surface area contributed by atoms with E-state index < -0.39 is 5.91 Å². The summed E-state index contributed by atoms with van der Waals surface area (Å²) in [5.74, 6) is 1.36. The zero-order valence-electron chi connectivity index (χ0n) is 14.1. The number of para-hydroxylation sites is 1. The molecule has 7 heteroatoms. The largest absolute Gasteiger partial charge is 0.366 e. The van der Waals surface area contributed by atoms with Crippen LogP contribution in [0.4, 0.5) is 11.8 Å². The highest BCUT2D eigenvalue weighted by molar-refractivity contribution is 6.04. The SMILES string of the molecule is Cc1cccnc1N1CCN(c2nc3c(C(N)=O)cccc3[nH]2)CC1. The van der Waals surface area contributed by atoms with Crippen molar-refractivity contribution >= 4 is 28.7 Å². The van der Waals surface area contributed by atoms with Gasteiger partial charge in [-0.15, -0.1) is 0 Å². The number of nitrogens with two attached hydrogens (primary N) is 1. The van der Waals surface area contributed by atoms with Crippen LogP contribution in [0.25, 0.3) is 11.0 Å². The quantitative estimate of drug-likeness (QED) is 0.759. The first-order valence-corrected chi connectivity index (χ1v) is 8.33. The number of aromatic amines is 1. The molecule has 4 rings (SSSR count). The van der Waals surface area contributed by atoms with Crippen molar-refractivity contribution in [1.29, 1.82) is 0 Å². The Morgan fingerprint density at radius 1 is 1.12 bits per heavy atom. The number of pyridine rings is 1. The molecule has 128 valence electrons. The van der Waals surface area contributed by atoms with Crippen LogP contribution >= 0.6 is 0 Å². The van der Waals surface area contributed by atoms with Gasteiger partial charge in [-0.1, -0.05) is 12.1 Å². The van der Waals surface area contributed by atoms with Crippen LogP contribution in [-0.4, -0.2) is 47.0 Å². The third-order valence-electron chi connectivity index (χ3n) is 4.63. The Labute approximate surface area is 145 Å². The number of fused-ring (bicyclic) bond motifs is 1. The monoisotopic (exact) mass is 336 g/mol. The summed E-state index contributed by atoms with van der Waals surface area (Å²) in [6.07, 6.45) is 1.83. The number of primary amides is 1. The van der Waals surface area contributed by atoms with Gasteiger partial charge < -0.3 is 20.5 Å². The Balaban J connectivity index is 1.55. The third kappa shape index (κ3) is 2.77. The molecule has 0 spiro atoms. The van der Waals surface area contributed by atoms with Crippen LogP contribution in [0.5, 0.6) is 0 Å². The molecule has 3 aromatic rings. The van der Waals surface area contributed by atoms with Crippen LogP contribution in [0.3, 0.4) is 0 Å². The van der Waals surface area contributed by atoms with Gasteiger partial charge in [-0.05, 0) is 30.7 Å². The molecule has 0 saturated carbocycles. The van der Waals surface area contributed by atoms with Gasteiger partial charge in [0.05, 0.1) is 11.1 Å². The van der Waals surface area contributed by atoms with Crippen molar-refractivity contribution in [2.24, 2.45) is 5.73 Å². The molecule has 1 aromatic carbocycles. The zero-order chi connectivity index (χ0) is 17.4. The summed E-state index contributed by atoms with van der Waals surface area (Å²) in [6, 6.07) is 9.47. The molecule has 3 heterocycles. The number of carbonyl (C=O) groups excluding carboxylic acids is 1. The number of hydrogen-bond donors (Lipinski definition) is 2. The Bertz CT molecular complexity index is 926. The first-order chi connectivity index (χ1) is 12.1. The number of aromatic nitrogens is 3. The molecule has 3 N–H and O–H groups in total. The highest BCUT2D eigenvalue weighted by atomic mass is 16.1. The summed E-state index contributed by atoms with van der Waals surface area (Å²) < 4.78 is 0. The van der Waals surface area contributed by atoms with Crippen molar-refractivity contribution in [3.63, 3.8) is 0 Å². The minimum absolute atomic E-state index is 0.447. The average molecular weight is 336 g/mol. The molecule has 1 aliphatic rings. The average Bonchev–Trinajstić information content (AvgIpc) is 3.06. The number of carbonyl (C=O) groups is 1. The highest BCUT2D eigenvalue weighted by Gasteiger charge is 2.22. The summed E-state index contributed by atoms with van der Waals surface area (Å²) in [7, 11) is 0. The molecular weight excluding hydrogens is 316 g/mol. The molecule has 2 aromatic heterocycles. The molecule has 7 nitrogen and oxygen atoms in total. The van der Waals surface area contributed by atoms with E-state index in [1.54, 1.807) is 6.07 Å². The molecule has 25 heavy (non-hydrogen) atoms. The van der Waals surface area contributed by atoms with E-state index in [9.17, 15) is 4.79 Å². The molecule has 1 saturated heterocycles. The second-order valence-electron chi connectivity index (χ2n) is 6.24. The van der Waals surface area contributed by atoms with Crippen LogP contribution < -0.4 is 15.5 Å². The summed E-state index contributed by atoms with van der Waals surface area (Å²) in [6.45, 7) is 5.50. The summed E-state index contributed by atoms with van der Waals surface area (Å²) in [5.41, 5.74) is 8.54. The first-order valence-electron chi connectivity index (χ1n) is 8.33. The maximum atomic E-state index is 11.6. The minimum atomic E-state index is -0.459. The summed E-state index contributed by atoms with van der Waals surface area (Å²) in [5, 5.41) is 0. The molecule has 1 fully saturated rings. The topological polar surface area (TPSA) is 91.1 Å². The lowest BCUT2D eigenvalue weighted by Gasteiger charge is -2.35. The van der Waals surface area contributed by atoms with Gasteiger partial charge in [-0.3, -0.25) is 4.79 Å². The molecular formula is C18H20N6O. The number of piperazine rings is 1. The zero-order valence-corrected chi connectivity index (χ0v) is 14.1. The summed E-state index contributed by atoms with van der Waals surface area (Å²) in [4.78, 5) is 28.5. The van der Waals surface area contributed by atoms with E-state index in [4.69, 9.17) is 5.73 Å². The number of amides is 1. The maximum Gasteiger partial charge on any atom is 0.250 e. The van der Waals surface area contributed by atoms with E-state index >= 15 is 0 Å². The molecule has 1 aliphatic heterocycles. The van der Waals surface area contributed by atoms with Gasteiger partial charge in [-0.25, -0.2) is 9.97 Å². The lowest BCUT2D eigenvalue weighted by Crippen LogP contribution is -2.47. The smallest absolute Gasteiger partial charge is 0.250 e. The van der Waals surface area contributed by atoms with Gasteiger partial charge in [0.2, 0.25) is 5.95 Å². The van der Waals surface area contributed by atoms with E-state index in [1.807, 2.05) is 24.4 Å². The lowest BCUT2D eigenvalue weighted by molar-refractivity contribution is 0.100. The first kappa shape index (κ1) is 15.4. The summed E-state index contributed by atoms with van der Waals surface area (Å²) >= 11 is 0. The van der Waals surface area contributed by atoms with Crippen molar-refractivity contribution in [3.8, 4) is 0 Å². The lowest BCUT2D eigenvalue weighted by atomic mass is 10.2. The standard InChI is InChI=1S/C18H20N6O/c1-12-4-3-7-20-17(12)23-8-10-24(11-9-23)18-21-14-6-2-5-13(16(19)25)15(14)22-18/h2-7H,8-11H2,1H3,(H2,19,25)(H,21,22). The van der Waals surface area contributed by atoms with E-state index in [0.717, 1.165) is 43.5 Å². The molecule has 0 bridgehead atoms. The van der Waals surface area contributed by atoms with Crippen molar-refractivity contribution in [1.82, 2.24) is 15.0 Å². The van der Waals surface area contributed by atoms with E-state index in [0.29, 0.717) is 11.1 Å². The number of nitrogens with zero attached hydrogens (tertiary/aromatic N) is 4.